The summed E-state index contributed by atoms with van der Waals surface area (Å²) in [6, 6.07) is 13.3. The molecule has 8 heteroatoms. The van der Waals surface area contributed by atoms with Crippen LogP contribution >= 0.6 is 11.8 Å². The van der Waals surface area contributed by atoms with E-state index in [-0.39, 0.29) is 17.3 Å². The van der Waals surface area contributed by atoms with Gasteiger partial charge in [0.2, 0.25) is 0 Å². The Labute approximate surface area is 161 Å². The molecule has 0 bridgehead atoms. The number of nitro benzene ring substituents is 1. The highest BCUT2D eigenvalue weighted by Gasteiger charge is 2.20. The van der Waals surface area contributed by atoms with Crippen LogP contribution in [0, 0.1) is 10.1 Å². The van der Waals surface area contributed by atoms with Gasteiger partial charge in [-0.3, -0.25) is 14.9 Å². The Kier molecular flexibility index (Phi) is 7.36. The molecule has 0 fully saturated rings. The molecular formula is C19H20N2O5S. The maximum atomic E-state index is 12.1. The third-order valence-corrected chi connectivity index (χ3v) is 4.79. The summed E-state index contributed by atoms with van der Waals surface area (Å²) in [5.41, 5.74) is -0.169. The smallest absolute Gasteiger partial charge is 0.338 e. The fourth-order valence-corrected chi connectivity index (χ4v) is 3.04. The van der Waals surface area contributed by atoms with Crippen LogP contribution in [0.3, 0.4) is 0 Å². The van der Waals surface area contributed by atoms with Gasteiger partial charge in [-0.25, -0.2) is 4.79 Å². The Morgan fingerprint density at radius 2 is 1.93 bits per heavy atom. The lowest BCUT2D eigenvalue weighted by molar-refractivity contribution is -0.387. The molecule has 0 heterocycles. The van der Waals surface area contributed by atoms with Crippen LogP contribution in [0.2, 0.25) is 0 Å². The molecule has 0 radical (unpaired) electrons. The van der Waals surface area contributed by atoms with E-state index in [0.29, 0.717) is 4.90 Å². The Bertz CT molecular complexity index is 826. The van der Waals surface area contributed by atoms with Crippen molar-refractivity contribution in [3.05, 3.63) is 64.2 Å². The van der Waals surface area contributed by atoms with Crippen LogP contribution in [-0.2, 0) is 9.53 Å². The first-order valence-electron chi connectivity index (χ1n) is 8.38. The second-order valence-electron chi connectivity index (χ2n) is 5.81. The minimum atomic E-state index is -0.784. The summed E-state index contributed by atoms with van der Waals surface area (Å²) in [6.07, 6.45) is 0.756. The van der Waals surface area contributed by atoms with Gasteiger partial charge in [-0.1, -0.05) is 36.9 Å². The van der Waals surface area contributed by atoms with Crippen molar-refractivity contribution in [1.82, 2.24) is 5.32 Å². The van der Waals surface area contributed by atoms with Crippen molar-refractivity contribution in [2.75, 3.05) is 6.61 Å². The standard InChI is InChI=1S/C19H20N2O5S/c1-3-13(2)20-18(22)12-26-19(23)14-9-10-17(16(11-14)21(24)25)27-15-7-5-4-6-8-15/h4-11,13H,3,12H2,1-2H3,(H,20,22)/t13-/m1/s1. The summed E-state index contributed by atoms with van der Waals surface area (Å²) >= 11 is 1.23. The molecule has 0 saturated carbocycles. The van der Waals surface area contributed by atoms with Crippen LogP contribution in [0.1, 0.15) is 30.6 Å². The van der Waals surface area contributed by atoms with Crippen LogP contribution in [0.25, 0.3) is 0 Å². The van der Waals surface area contributed by atoms with Crippen molar-refractivity contribution < 1.29 is 19.2 Å². The molecule has 2 aromatic carbocycles. The number of benzene rings is 2. The highest BCUT2D eigenvalue weighted by Crippen LogP contribution is 2.35. The number of carbonyl (C=O) groups excluding carboxylic acids is 2. The quantitative estimate of drug-likeness (QED) is 0.419. The Hall–Kier alpha value is -2.87. The lowest BCUT2D eigenvalue weighted by atomic mass is 10.2. The van der Waals surface area contributed by atoms with Gasteiger partial charge in [-0.2, -0.15) is 0 Å². The number of hydrogen-bond acceptors (Lipinski definition) is 6. The molecule has 0 spiro atoms. The summed E-state index contributed by atoms with van der Waals surface area (Å²) in [7, 11) is 0. The molecule has 1 N–H and O–H groups in total. The number of nitro groups is 1. The summed E-state index contributed by atoms with van der Waals surface area (Å²) < 4.78 is 4.95. The highest BCUT2D eigenvalue weighted by molar-refractivity contribution is 7.99. The van der Waals surface area contributed by atoms with Crippen LogP contribution in [-0.4, -0.2) is 29.4 Å². The Balaban J connectivity index is 2.09. The second kappa shape index (κ2) is 9.72. The first-order valence-corrected chi connectivity index (χ1v) is 9.20. The molecule has 7 nitrogen and oxygen atoms in total. The van der Waals surface area contributed by atoms with Crippen molar-refractivity contribution in [1.29, 1.82) is 0 Å². The van der Waals surface area contributed by atoms with E-state index in [9.17, 15) is 19.7 Å². The minimum Gasteiger partial charge on any atom is -0.452 e. The molecule has 27 heavy (non-hydrogen) atoms. The Morgan fingerprint density at radius 1 is 1.22 bits per heavy atom. The van der Waals surface area contributed by atoms with Crippen molar-refractivity contribution in [2.24, 2.45) is 0 Å². The average molecular weight is 388 g/mol. The number of hydrogen-bond donors (Lipinski definition) is 1. The SMILES string of the molecule is CC[C@@H](C)NC(=O)COC(=O)c1ccc(Sc2ccccc2)c([N+](=O)[O-])c1. The number of carbonyl (C=O) groups is 2. The van der Waals surface area contributed by atoms with Crippen LogP contribution in [0.5, 0.6) is 0 Å². The largest absolute Gasteiger partial charge is 0.452 e. The van der Waals surface area contributed by atoms with E-state index < -0.39 is 23.4 Å². The molecule has 0 aromatic heterocycles. The average Bonchev–Trinajstić information content (AvgIpc) is 2.66. The van der Waals surface area contributed by atoms with E-state index in [0.717, 1.165) is 11.3 Å². The van der Waals surface area contributed by atoms with Crippen molar-refractivity contribution in [3.63, 3.8) is 0 Å². The number of esters is 1. The molecule has 1 amide bonds. The van der Waals surface area contributed by atoms with E-state index in [1.54, 1.807) is 0 Å². The van der Waals surface area contributed by atoms with E-state index in [4.69, 9.17) is 4.74 Å². The monoisotopic (exact) mass is 388 g/mol. The molecular weight excluding hydrogens is 368 g/mol. The molecule has 1 atom stereocenters. The molecule has 0 unspecified atom stereocenters. The fraction of sp³-hybridized carbons (Fsp3) is 0.263. The number of amides is 1. The molecule has 0 saturated heterocycles. The first kappa shape index (κ1) is 20.4. The van der Waals surface area contributed by atoms with Gasteiger partial charge in [0.15, 0.2) is 6.61 Å². The summed E-state index contributed by atoms with van der Waals surface area (Å²) in [5.74, 6) is -1.20. The van der Waals surface area contributed by atoms with Crippen LogP contribution in [0.4, 0.5) is 5.69 Å². The number of nitrogens with one attached hydrogen (secondary N) is 1. The van der Waals surface area contributed by atoms with Gasteiger partial charge in [0.05, 0.1) is 15.4 Å². The van der Waals surface area contributed by atoms with E-state index >= 15 is 0 Å². The Morgan fingerprint density at radius 3 is 2.56 bits per heavy atom. The molecule has 2 aromatic rings. The third kappa shape index (κ3) is 6.10. The number of ether oxygens (including phenoxy) is 1. The minimum absolute atomic E-state index is 0.0217. The predicted octanol–water partition coefficient (Wildman–Crippen LogP) is 3.82. The molecule has 0 aliphatic heterocycles. The summed E-state index contributed by atoms with van der Waals surface area (Å²) in [5, 5.41) is 14.1. The molecule has 142 valence electrons. The van der Waals surface area contributed by atoms with Gasteiger partial charge in [0, 0.05) is 17.0 Å². The summed E-state index contributed by atoms with van der Waals surface area (Å²) in [4.78, 5) is 35.9. The van der Waals surface area contributed by atoms with Crippen LogP contribution in [0.15, 0.2) is 58.3 Å². The predicted molar refractivity (Wildman–Crippen MR) is 102 cm³/mol. The second-order valence-corrected chi connectivity index (χ2v) is 6.92. The molecule has 0 aliphatic carbocycles. The molecule has 2 rings (SSSR count). The van der Waals surface area contributed by atoms with Crippen LogP contribution < -0.4 is 5.32 Å². The van der Waals surface area contributed by atoms with Crippen molar-refractivity contribution >= 4 is 29.3 Å². The zero-order chi connectivity index (χ0) is 19.8. The normalized spacial score (nSPS) is 11.5. The number of rotatable bonds is 8. The van der Waals surface area contributed by atoms with E-state index in [1.165, 1.54) is 30.0 Å². The van der Waals surface area contributed by atoms with E-state index in [2.05, 4.69) is 5.32 Å². The summed E-state index contributed by atoms with van der Waals surface area (Å²) in [6.45, 7) is 3.33. The topological polar surface area (TPSA) is 98.5 Å². The first-order chi connectivity index (χ1) is 12.9. The maximum Gasteiger partial charge on any atom is 0.338 e. The van der Waals surface area contributed by atoms with Gasteiger partial charge in [0.25, 0.3) is 11.6 Å². The lowest BCUT2D eigenvalue weighted by Crippen LogP contribution is -2.35. The van der Waals surface area contributed by atoms with Gasteiger partial charge >= 0.3 is 5.97 Å². The zero-order valence-corrected chi connectivity index (χ0v) is 15.8. The van der Waals surface area contributed by atoms with E-state index in [1.807, 2.05) is 44.2 Å². The highest BCUT2D eigenvalue weighted by atomic mass is 32.2. The third-order valence-electron chi connectivity index (χ3n) is 3.72. The van der Waals surface area contributed by atoms with Gasteiger partial charge < -0.3 is 10.1 Å². The van der Waals surface area contributed by atoms with Gasteiger partial charge in [-0.15, -0.1) is 0 Å². The molecule has 0 aliphatic rings. The fourth-order valence-electron chi connectivity index (χ4n) is 2.12. The lowest BCUT2D eigenvalue weighted by Gasteiger charge is -2.11. The van der Waals surface area contributed by atoms with Crippen molar-refractivity contribution in [3.8, 4) is 0 Å². The zero-order valence-electron chi connectivity index (χ0n) is 15.0. The number of nitrogens with zero attached hydrogens (tertiary/aromatic N) is 1. The van der Waals surface area contributed by atoms with Gasteiger partial charge in [-0.05, 0) is 37.6 Å². The maximum absolute atomic E-state index is 12.1. The van der Waals surface area contributed by atoms with Crippen molar-refractivity contribution in [2.45, 2.75) is 36.1 Å². The van der Waals surface area contributed by atoms with Gasteiger partial charge in [0.1, 0.15) is 0 Å².